The molecule has 0 amide bonds. The number of nitrogens with one attached hydrogen (secondary N) is 2. The fourth-order valence-corrected chi connectivity index (χ4v) is 2.75. The van der Waals surface area contributed by atoms with Crippen LogP contribution in [0.3, 0.4) is 0 Å². The highest BCUT2D eigenvalue weighted by Crippen LogP contribution is 2.29. The lowest BCUT2D eigenvalue weighted by Gasteiger charge is -2.34. The maximum Gasteiger partial charge on any atom is 0.266 e. The second-order valence-electron chi connectivity index (χ2n) is 4.50. The fraction of sp³-hybridized carbons (Fsp3) is 0.462. The molecule has 3 atom stereocenters. The molecule has 98 valence electrons. The molecule has 1 aliphatic rings. The van der Waals surface area contributed by atoms with Gasteiger partial charge in [-0.25, -0.2) is 4.39 Å². The molecule has 1 fully saturated rings. The molecule has 1 aliphatic carbocycles. The summed E-state index contributed by atoms with van der Waals surface area (Å²) < 4.78 is 12.1. The second kappa shape index (κ2) is 6.60. The summed E-state index contributed by atoms with van der Waals surface area (Å²) in [5.74, 6) is 0. The van der Waals surface area contributed by atoms with Gasteiger partial charge in [0.2, 0.25) is 0 Å². The van der Waals surface area contributed by atoms with Crippen LogP contribution in [-0.4, -0.2) is 17.5 Å². The minimum atomic E-state index is 0.0268. The Morgan fingerprint density at radius 1 is 1.28 bits per heavy atom. The first kappa shape index (κ1) is 13.9. The molecule has 0 saturated heterocycles. The SMILES string of the molecule is F[C]NC1CCC(Cl)C(Nc2ccccc2Cl)C1. The van der Waals surface area contributed by atoms with Gasteiger partial charge in [-0.2, -0.15) is 0 Å². The molecule has 1 aromatic carbocycles. The smallest absolute Gasteiger partial charge is 0.266 e. The molecule has 0 bridgehead atoms. The molecule has 1 aromatic rings. The molecule has 3 unspecified atom stereocenters. The third-order valence-corrected chi connectivity index (χ3v) is 4.09. The van der Waals surface area contributed by atoms with E-state index in [9.17, 15) is 4.39 Å². The van der Waals surface area contributed by atoms with Gasteiger partial charge in [-0.3, -0.25) is 5.32 Å². The number of rotatable bonds is 4. The van der Waals surface area contributed by atoms with Crippen LogP contribution in [0.2, 0.25) is 5.02 Å². The normalized spacial score (nSPS) is 28.1. The van der Waals surface area contributed by atoms with Crippen molar-refractivity contribution in [2.45, 2.75) is 36.7 Å². The molecule has 2 radical (unpaired) electrons. The van der Waals surface area contributed by atoms with Crippen LogP contribution < -0.4 is 10.6 Å². The number of anilines is 1. The van der Waals surface area contributed by atoms with Gasteiger partial charge in [-0.15, -0.1) is 11.6 Å². The summed E-state index contributed by atoms with van der Waals surface area (Å²) in [7, 11) is 0. The molecule has 0 spiro atoms. The Labute approximate surface area is 117 Å². The Morgan fingerprint density at radius 3 is 2.78 bits per heavy atom. The van der Waals surface area contributed by atoms with Crippen molar-refractivity contribution >= 4 is 28.9 Å². The van der Waals surface area contributed by atoms with Crippen molar-refractivity contribution < 1.29 is 4.39 Å². The zero-order valence-electron chi connectivity index (χ0n) is 9.80. The van der Waals surface area contributed by atoms with Gasteiger partial charge in [-0.1, -0.05) is 23.7 Å². The summed E-state index contributed by atoms with van der Waals surface area (Å²) in [5, 5.41) is 6.61. The largest absolute Gasteiger partial charge is 0.380 e. The standard InChI is InChI=1S/C13H15Cl2FN2/c14-10-3-1-2-4-12(10)18-13-7-9(17-8-16)5-6-11(13)15/h1-4,9,11,13,17-18H,5-7H2. The molecular weight excluding hydrogens is 274 g/mol. The van der Waals surface area contributed by atoms with Gasteiger partial charge < -0.3 is 5.32 Å². The van der Waals surface area contributed by atoms with Crippen LogP contribution in [0.15, 0.2) is 24.3 Å². The summed E-state index contributed by atoms with van der Waals surface area (Å²) in [4.78, 5) is 0. The van der Waals surface area contributed by atoms with Gasteiger partial charge in [0.15, 0.2) is 0 Å². The predicted molar refractivity (Wildman–Crippen MR) is 73.6 cm³/mol. The monoisotopic (exact) mass is 288 g/mol. The molecule has 18 heavy (non-hydrogen) atoms. The molecule has 0 heterocycles. The molecule has 5 heteroatoms. The summed E-state index contributed by atoms with van der Waals surface area (Å²) in [6.45, 7) is 1.50. The van der Waals surface area contributed by atoms with E-state index in [2.05, 4.69) is 10.6 Å². The summed E-state index contributed by atoms with van der Waals surface area (Å²) in [6.07, 6.45) is 2.44. The van der Waals surface area contributed by atoms with Crippen LogP contribution in [0.1, 0.15) is 19.3 Å². The number of hydrogen-bond acceptors (Lipinski definition) is 2. The second-order valence-corrected chi connectivity index (χ2v) is 5.46. The average Bonchev–Trinajstić information content (AvgIpc) is 2.36. The Morgan fingerprint density at radius 2 is 2.06 bits per heavy atom. The van der Waals surface area contributed by atoms with Crippen molar-refractivity contribution in [1.29, 1.82) is 0 Å². The Balaban J connectivity index is 2.00. The number of halogens is 3. The zero-order valence-corrected chi connectivity index (χ0v) is 11.3. The lowest BCUT2D eigenvalue weighted by molar-refractivity contribution is 0.345. The highest BCUT2D eigenvalue weighted by Gasteiger charge is 2.29. The van der Waals surface area contributed by atoms with E-state index in [1.807, 2.05) is 24.3 Å². The van der Waals surface area contributed by atoms with Crippen molar-refractivity contribution in [2.24, 2.45) is 0 Å². The lowest BCUT2D eigenvalue weighted by atomic mass is 9.90. The first-order valence-electron chi connectivity index (χ1n) is 5.97. The van der Waals surface area contributed by atoms with Gasteiger partial charge >= 0.3 is 0 Å². The van der Waals surface area contributed by atoms with Crippen molar-refractivity contribution in [2.75, 3.05) is 5.32 Å². The summed E-state index contributed by atoms with van der Waals surface area (Å²) in [5.41, 5.74) is 0.865. The van der Waals surface area contributed by atoms with E-state index in [4.69, 9.17) is 23.2 Å². The maximum atomic E-state index is 12.1. The molecule has 2 rings (SSSR count). The maximum absolute atomic E-state index is 12.1. The number of alkyl halides is 1. The van der Waals surface area contributed by atoms with Crippen LogP contribution in [0.5, 0.6) is 0 Å². The lowest BCUT2D eigenvalue weighted by Crippen LogP contribution is -2.43. The van der Waals surface area contributed by atoms with Gasteiger partial charge in [0, 0.05) is 12.1 Å². The topological polar surface area (TPSA) is 24.1 Å². The Bertz CT molecular complexity index is 389. The summed E-state index contributed by atoms with van der Waals surface area (Å²) >= 11 is 12.4. The van der Waals surface area contributed by atoms with Crippen molar-refractivity contribution in [1.82, 2.24) is 5.32 Å². The molecule has 0 aromatic heterocycles. The number of benzene rings is 1. The molecule has 1 saturated carbocycles. The molecule has 2 N–H and O–H groups in total. The zero-order chi connectivity index (χ0) is 13.0. The van der Waals surface area contributed by atoms with Crippen molar-refractivity contribution in [3.63, 3.8) is 0 Å². The van der Waals surface area contributed by atoms with Gasteiger partial charge in [0.25, 0.3) is 6.80 Å². The van der Waals surface area contributed by atoms with Crippen LogP contribution in [0.25, 0.3) is 0 Å². The number of hydrogen-bond donors (Lipinski definition) is 2. The minimum absolute atomic E-state index is 0.0268. The van der Waals surface area contributed by atoms with E-state index in [0.29, 0.717) is 5.02 Å². The van der Waals surface area contributed by atoms with Crippen molar-refractivity contribution in [3.8, 4) is 0 Å². The first-order valence-corrected chi connectivity index (χ1v) is 6.78. The van der Waals surface area contributed by atoms with E-state index in [1.165, 1.54) is 6.80 Å². The highest BCUT2D eigenvalue weighted by molar-refractivity contribution is 6.33. The van der Waals surface area contributed by atoms with E-state index in [1.54, 1.807) is 0 Å². The van der Waals surface area contributed by atoms with Crippen molar-refractivity contribution in [3.05, 3.63) is 36.1 Å². The van der Waals surface area contributed by atoms with Crippen LogP contribution >= 0.6 is 23.2 Å². The van der Waals surface area contributed by atoms with Gasteiger partial charge in [0.05, 0.1) is 16.1 Å². The molecular formula is C13H15Cl2FN2. The van der Waals surface area contributed by atoms with E-state index < -0.39 is 0 Å². The molecule has 2 nitrogen and oxygen atoms in total. The van der Waals surface area contributed by atoms with Crippen LogP contribution in [-0.2, 0) is 0 Å². The van der Waals surface area contributed by atoms with E-state index in [0.717, 1.165) is 24.9 Å². The number of para-hydroxylation sites is 1. The Kier molecular flexibility index (Phi) is 5.10. The van der Waals surface area contributed by atoms with Crippen LogP contribution in [0, 0.1) is 6.80 Å². The van der Waals surface area contributed by atoms with E-state index >= 15 is 0 Å². The van der Waals surface area contributed by atoms with E-state index in [-0.39, 0.29) is 17.5 Å². The van der Waals surface area contributed by atoms with Crippen LogP contribution in [0.4, 0.5) is 10.1 Å². The summed E-state index contributed by atoms with van der Waals surface area (Å²) in [6, 6.07) is 7.69. The Hall–Kier alpha value is -0.510. The molecule has 0 aliphatic heterocycles. The third kappa shape index (κ3) is 3.50. The fourth-order valence-electron chi connectivity index (χ4n) is 2.27. The minimum Gasteiger partial charge on any atom is -0.380 e. The third-order valence-electron chi connectivity index (χ3n) is 3.24. The highest BCUT2D eigenvalue weighted by atomic mass is 35.5. The predicted octanol–water partition coefficient (Wildman–Crippen LogP) is 3.84. The first-order chi connectivity index (χ1) is 8.70. The quantitative estimate of drug-likeness (QED) is 0.500. The average molecular weight is 289 g/mol. The van der Waals surface area contributed by atoms with Gasteiger partial charge in [0.1, 0.15) is 0 Å². The van der Waals surface area contributed by atoms with Gasteiger partial charge in [-0.05, 0) is 31.4 Å².